The van der Waals surface area contributed by atoms with Crippen molar-refractivity contribution in [2.45, 2.75) is 13.1 Å². The van der Waals surface area contributed by atoms with Crippen molar-refractivity contribution in [3.63, 3.8) is 0 Å². The Kier molecular flexibility index (Phi) is 6.93. The summed E-state index contributed by atoms with van der Waals surface area (Å²) in [5.41, 5.74) is 8.16. The Labute approximate surface area is 206 Å². The lowest BCUT2D eigenvalue weighted by molar-refractivity contribution is -0.138. The number of amides is 4. The molecule has 8 nitrogen and oxygen atoms in total. The summed E-state index contributed by atoms with van der Waals surface area (Å²) in [5, 5.41) is 5.54. The zero-order chi connectivity index (χ0) is 24.9. The predicted octanol–water partition coefficient (Wildman–Crippen LogP) is 3.15. The number of anilines is 1. The average Bonchev–Trinajstić information content (AvgIpc) is 3.06. The third-order valence-electron chi connectivity index (χ3n) is 5.41. The number of carbonyl (C=O) groups is 4. The molecule has 3 aromatic rings. The standard InChI is InChI=1S/C26H21ClN4O4/c27-21-22(26(35)31(25(21)34)15-17-4-2-1-3-5-17)29-14-16-6-8-19(9-7-16)24(33)30-20-12-10-18(11-13-20)23(28)32/h1-13,29H,14-15H2,(H2,28,32)(H,30,33). The fraction of sp³-hybridized carbons (Fsp3) is 0.0769. The van der Waals surface area contributed by atoms with Crippen molar-refractivity contribution in [2.24, 2.45) is 5.73 Å². The van der Waals surface area contributed by atoms with Crippen LogP contribution in [0, 0.1) is 0 Å². The van der Waals surface area contributed by atoms with Crippen LogP contribution >= 0.6 is 11.6 Å². The highest BCUT2D eigenvalue weighted by Gasteiger charge is 2.37. The van der Waals surface area contributed by atoms with E-state index in [4.69, 9.17) is 17.3 Å². The third kappa shape index (κ3) is 5.39. The van der Waals surface area contributed by atoms with Gasteiger partial charge in [0.05, 0.1) is 6.54 Å². The van der Waals surface area contributed by atoms with Gasteiger partial charge in [-0.1, -0.05) is 54.1 Å². The fourth-order valence-corrected chi connectivity index (χ4v) is 3.74. The maximum atomic E-state index is 12.7. The van der Waals surface area contributed by atoms with E-state index in [2.05, 4.69) is 10.6 Å². The first-order valence-electron chi connectivity index (χ1n) is 10.7. The minimum absolute atomic E-state index is 0.0498. The minimum atomic E-state index is -0.545. The minimum Gasteiger partial charge on any atom is -0.375 e. The van der Waals surface area contributed by atoms with Crippen LogP contribution in [0.15, 0.2) is 89.6 Å². The van der Waals surface area contributed by atoms with Crippen LogP contribution in [0.5, 0.6) is 0 Å². The van der Waals surface area contributed by atoms with Crippen molar-refractivity contribution in [2.75, 3.05) is 5.32 Å². The maximum Gasteiger partial charge on any atom is 0.278 e. The van der Waals surface area contributed by atoms with E-state index in [1.807, 2.05) is 30.3 Å². The number of rotatable bonds is 8. The van der Waals surface area contributed by atoms with E-state index >= 15 is 0 Å². The van der Waals surface area contributed by atoms with Gasteiger partial charge in [0.1, 0.15) is 10.7 Å². The highest BCUT2D eigenvalue weighted by molar-refractivity contribution is 6.47. The molecule has 35 heavy (non-hydrogen) atoms. The summed E-state index contributed by atoms with van der Waals surface area (Å²) >= 11 is 6.15. The third-order valence-corrected chi connectivity index (χ3v) is 5.76. The number of primary amides is 1. The summed E-state index contributed by atoms with van der Waals surface area (Å²) in [7, 11) is 0. The molecule has 176 valence electrons. The number of nitrogens with one attached hydrogen (secondary N) is 2. The van der Waals surface area contributed by atoms with Gasteiger partial charge in [-0.25, -0.2) is 0 Å². The number of benzene rings is 3. The van der Waals surface area contributed by atoms with Crippen LogP contribution < -0.4 is 16.4 Å². The van der Waals surface area contributed by atoms with E-state index in [-0.39, 0.29) is 29.7 Å². The first-order valence-corrected chi connectivity index (χ1v) is 11.0. The van der Waals surface area contributed by atoms with Crippen LogP contribution in [0.2, 0.25) is 0 Å². The van der Waals surface area contributed by atoms with E-state index in [9.17, 15) is 19.2 Å². The number of carbonyl (C=O) groups excluding carboxylic acids is 4. The highest BCUT2D eigenvalue weighted by Crippen LogP contribution is 2.24. The Morgan fingerprint density at radius 3 is 2.06 bits per heavy atom. The van der Waals surface area contributed by atoms with E-state index in [0.29, 0.717) is 16.8 Å². The smallest absolute Gasteiger partial charge is 0.278 e. The lowest BCUT2D eigenvalue weighted by Crippen LogP contribution is -2.33. The van der Waals surface area contributed by atoms with Gasteiger partial charge < -0.3 is 16.4 Å². The SMILES string of the molecule is NC(=O)c1ccc(NC(=O)c2ccc(CNC3=C(Cl)C(=O)N(Cc4ccccc4)C3=O)cc2)cc1. The van der Waals surface area contributed by atoms with Gasteiger partial charge in [-0.05, 0) is 47.5 Å². The number of hydrogen-bond donors (Lipinski definition) is 3. The monoisotopic (exact) mass is 488 g/mol. The maximum absolute atomic E-state index is 12.7. The molecule has 4 N–H and O–H groups in total. The number of hydrogen-bond acceptors (Lipinski definition) is 5. The molecule has 1 aliphatic heterocycles. The topological polar surface area (TPSA) is 122 Å². The van der Waals surface area contributed by atoms with Crippen molar-refractivity contribution in [1.82, 2.24) is 10.2 Å². The van der Waals surface area contributed by atoms with E-state index < -0.39 is 17.7 Å². The summed E-state index contributed by atoms with van der Waals surface area (Å²) in [6.07, 6.45) is 0. The van der Waals surface area contributed by atoms with Gasteiger partial charge in [0.15, 0.2) is 0 Å². The largest absolute Gasteiger partial charge is 0.375 e. The Balaban J connectivity index is 1.35. The molecule has 0 atom stereocenters. The first kappa shape index (κ1) is 23.7. The first-order chi connectivity index (χ1) is 16.8. The molecule has 1 heterocycles. The van der Waals surface area contributed by atoms with Crippen molar-refractivity contribution in [1.29, 1.82) is 0 Å². The molecule has 0 aliphatic carbocycles. The fourth-order valence-electron chi connectivity index (χ4n) is 3.49. The molecule has 0 saturated carbocycles. The van der Waals surface area contributed by atoms with Crippen LogP contribution in [-0.4, -0.2) is 28.5 Å². The molecule has 0 aromatic heterocycles. The Morgan fingerprint density at radius 1 is 0.800 bits per heavy atom. The summed E-state index contributed by atoms with van der Waals surface area (Å²) in [5.74, 6) is -1.90. The normalized spacial score (nSPS) is 13.2. The highest BCUT2D eigenvalue weighted by atomic mass is 35.5. The molecule has 1 aliphatic rings. The van der Waals surface area contributed by atoms with E-state index in [0.717, 1.165) is 16.0 Å². The zero-order valence-corrected chi connectivity index (χ0v) is 19.2. The van der Waals surface area contributed by atoms with Gasteiger partial charge in [-0.3, -0.25) is 24.1 Å². The number of halogens is 1. The molecule has 4 rings (SSSR count). The molecular formula is C26H21ClN4O4. The van der Waals surface area contributed by atoms with Gasteiger partial charge in [0, 0.05) is 23.4 Å². The second-order valence-corrected chi connectivity index (χ2v) is 8.20. The molecule has 0 unspecified atom stereocenters. The van der Waals surface area contributed by atoms with Crippen molar-refractivity contribution < 1.29 is 19.2 Å². The second-order valence-electron chi connectivity index (χ2n) is 7.82. The zero-order valence-electron chi connectivity index (χ0n) is 18.5. The Hall–Kier alpha value is -4.43. The molecule has 0 spiro atoms. The number of nitrogens with zero attached hydrogens (tertiary/aromatic N) is 1. The van der Waals surface area contributed by atoms with Crippen molar-refractivity contribution in [3.05, 3.63) is 112 Å². The van der Waals surface area contributed by atoms with Gasteiger partial charge in [-0.2, -0.15) is 0 Å². The second kappa shape index (κ2) is 10.2. The predicted molar refractivity (Wildman–Crippen MR) is 131 cm³/mol. The summed E-state index contributed by atoms with van der Waals surface area (Å²) in [4.78, 5) is 50.0. The summed E-state index contributed by atoms with van der Waals surface area (Å²) in [6.45, 7) is 0.370. The molecule has 4 amide bonds. The van der Waals surface area contributed by atoms with Gasteiger partial charge in [0.2, 0.25) is 5.91 Å². The van der Waals surface area contributed by atoms with Crippen molar-refractivity contribution >= 4 is 40.9 Å². The lowest BCUT2D eigenvalue weighted by atomic mass is 10.1. The molecule has 3 aromatic carbocycles. The van der Waals surface area contributed by atoms with Crippen LogP contribution in [0.25, 0.3) is 0 Å². The van der Waals surface area contributed by atoms with Crippen LogP contribution in [0.4, 0.5) is 5.69 Å². The molecule has 0 radical (unpaired) electrons. The van der Waals surface area contributed by atoms with Crippen LogP contribution in [0.1, 0.15) is 31.8 Å². The Morgan fingerprint density at radius 2 is 1.43 bits per heavy atom. The van der Waals surface area contributed by atoms with E-state index in [1.54, 1.807) is 36.4 Å². The lowest BCUT2D eigenvalue weighted by Gasteiger charge is -2.15. The quantitative estimate of drug-likeness (QED) is 0.420. The van der Waals surface area contributed by atoms with Crippen LogP contribution in [0.3, 0.4) is 0 Å². The summed E-state index contributed by atoms with van der Waals surface area (Å²) in [6, 6.07) is 22.2. The molecular weight excluding hydrogens is 468 g/mol. The van der Waals surface area contributed by atoms with Gasteiger partial charge in [-0.15, -0.1) is 0 Å². The van der Waals surface area contributed by atoms with E-state index in [1.165, 1.54) is 12.1 Å². The van der Waals surface area contributed by atoms with Gasteiger partial charge >= 0.3 is 0 Å². The summed E-state index contributed by atoms with van der Waals surface area (Å²) < 4.78 is 0. The molecule has 0 fully saturated rings. The molecule has 0 bridgehead atoms. The average molecular weight is 489 g/mol. The number of imide groups is 1. The van der Waals surface area contributed by atoms with Gasteiger partial charge in [0.25, 0.3) is 17.7 Å². The van der Waals surface area contributed by atoms with Crippen molar-refractivity contribution in [3.8, 4) is 0 Å². The number of nitrogens with two attached hydrogens (primary N) is 1. The molecule has 0 saturated heterocycles. The Bertz CT molecular complexity index is 1320. The van der Waals surface area contributed by atoms with Crippen LogP contribution in [-0.2, 0) is 22.7 Å². The molecule has 9 heteroatoms.